The lowest BCUT2D eigenvalue weighted by Crippen LogP contribution is -2.20. The van der Waals surface area contributed by atoms with Crippen LogP contribution in [0.1, 0.15) is 11.1 Å². The van der Waals surface area contributed by atoms with Gasteiger partial charge in [0.2, 0.25) is 5.91 Å². The van der Waals surface area contributed by atoms with E-state index in [4.69, 9.17) is 9.72 Å². The predicted molar refractivity (Wildman–Crippen MR) is 127 cm³/mol. The maximum Gasteiger partial charge on any atom is 0.244 e. The Morgan fingerprint density at radius 1 is 1.00 bits per heavy atom. The van der Waals surface area contributed by atoms with Gasteiger partial charge in [-0.2, -0.15) is 0 Å². The van der Waals surface area contributed by atoms with Crippen molar-refractivity contribution in [3.05, 3.63) is 101 Å². The van der Waals surface area contributed by atoms with Gasteiger partial charge in [-0.3, -0.25) is 4.79 Å². The summed E-state index contributed by atoms with van der Waals surface area (Å²) in [6.07, 6.45) is 3.32. The molecule has 3 aromatic carbocycles. The SMILES string of the molecule is COc1ccc(/C=C/C(=O)NCc2cccc(-c3nc(-c4ccccc4)cs3)c2)cc1. The van der Waals surface area contributed by atoms with Crippen molar-refractivity contribution in [3.8, 4) is 27.6 Å². The van der Waals surface area contributed by atoms with Gasteiger partial charge in [-0.05, 0) is 35.4 Å². The third-order valence-corrected chi connectivity index (χ3v) is 5.65. The summed E-state index contributed by atoms with van der Waals surface area (Å²) in [5.74, 6) is 0.652. The van der Waals surface area contributed by atoms with Gasteiger partial charge >= 0.3 is 0 Å². The molecule has 154 valence electrons. The van der Waals surface area contributed by atoms with Gasteiger partial charge in [-0.25, -0.2) is 4.98 Å². The van der Waals surface area contributed by atoms with Crippen LogP contribution in [-0.4, -0.2) is 18.0 Å². The van der Waals surface area contributed by atoms with E-state index in [2.05, 4.69) is 28.9 Å². The lowest BCUT2D eigenvalue weighted by atomic mass is 10.1. The fourth-order valence-electron chi connectivity index (χ4n) is 3.10. The maximum atomic E-state index is 12.2. The number of hydrogen-bond acceptors (Lipinski definition) is 4. The first-order valence-corrected chi connectivity index (χ1v) is 10.8. The number of carbonyl (C=O) groups is 1. The number of ether oxygens (including phenoxy) is 1. The molecule has 0 spiro atoms. The van der Waals surface area contributed by atoms with Gasteiger partial charge in [-0.15, -0.1) is 11.3 Å². The number of rotatable bonds is 7. The normalized spacial score (nSPS) is 10.9. The van der Waals surface area contributed by atoms with Crippen LogP contribution in [0.4, 0.5) is 0 Å². The zero-order chi connectivity index (χ0) is 21.5. The van der Waals surface area contributed by atoms with Crippen molar-refractivity contribution in [2.24, 2.45) is 0 Å². The molecule has 4 aromatic rings. The molecular weight excluding hydrogens is 404 g/mol. The van der Waals surface area contributed by atoms with Crippen LogP contribution < -0.4 is 10.1 Å². The average Bonchev–Trinajstić information content (AvgIpc) is 3.33. The highest BCUT2D eigenvalue weighted by molar-refractivity contribution is 7.13. The Bertz CT molecular complexity index is 1180. The fraction of sp³-hybridized carbons (Fsp3) is 0.0769. The summed E-state index contributed by atoms with van der Waals surface area (Å²) in [5.41, 5.74) is 5.10. The molecule has 5 heteroatoms. The molecule has 0 saturated carbocycles. The molecular formula is C26H22N2O2S. The lowest BCUT2D eigenvalue weighted by molar-refractivity contribution is -0.116. The molecule has 0 aliphatic carbocycles. The minimum atomic E-state index is -0.137. The number of nitrogens with zero attached hydrogens (tertiary/aromatic N) is 1. The van der Waals surface area contributed by atoms with E-state index in [1.165, 1.54) is 0 Å². The molecule has 1 amide bonds. The molecule has 0 saturated heterocycles. The predicted octanol–water partition coefficient (Wildman–Crippen LogP) is 5.82. The van der Waals surface area contributed by atoms with E-state index in [0.29, 0.717) is 6.54 Å². The first-order valence-electron chi connectivity index (χ1n) is 9.91. The summed E-state index contributed by atoms with van der Waals surface area (Å²) in [4.78, 5) is 17.0. The maximum absolute atomic E-state index is 12.2. The second-order valence-corrected chi connectivity index (χ2v) is 7.79. The minimum Gasteiger partial charge on any atom is -0.497 e. The third-order valence-electron chi connectivity index (χ3n) is 4.76. The van der Waals surface area contributed by atoms with Crippen molar-refractivity contribution in [1.29, 1.82) is 0 Å². The Morgan fingerprint density at radius 2 is 1.77 bits per heavy atom. The molecule has 0 radical (unpaired) electrons. The second-order valence-electron chi connectivity index (χ2n) is 6.93. The zero-order valence-corrected chi connectivity index (χ0v) is 17.9. The van der Waals surface area contributed by atoms with Crippen LogP contribution >= 0.6 is 11.3 Å². The molecule has 0 unspecified atom stereocenters. The van der Waals surface area contributed by atoms with E-state index in [-0.39, 0.29) is 5.91 Å². The number of methoxy groups -OCH3 is 1. The van der Waals surface area contributed by atoms with E-state index in [0.717, 1.165) is 38.7 Å². The number of carbonyl (C=O) groups excluding carboxylic acids is 1. The van der Waals surface area contributed by atoms with Crippen molar-refractivity contribution >= 4 is 23.3 Å². The third kappa shape index (κ3) is 5.47. The number of amides is 1. The smallest absolute Gasteiger partial charge is 0.244 e. The molecule has 31 heavy (non-hydrogen) atoms. The Labute approximate surface area is 185 Å². The van der Waals surface area contributed by atoms with Crippen LogP contribution in [0.25, 0.3) is 27.9 Å². The summed E-state index contributed by atoms with van der Waals surface area (Å²) < 4.78 is 5.14. The van der Waals surface area contributed by atoms with Gasteiger partial charge < -0.3 is 10.1 Å². The Kier molecular flexibility index (Phi) is 6.55. The highest BCUT2D eigenvalue weighted by atomic mass is 32.1. The van der Waals surface area contributed by atoms with Crippen molar-refractivity contribution < 1.29 is 9.53 Å². The summed E-state index contributed by atoms with van der Waals surface area (Å²) in [5, 5.41) is 5.97. The van der Waals surface area contributed by atoms with Gasteiger partial charge in [0.25, 0.3) is 0 Å². The van der Waals surface area contributed by atoms with Crippen molar-refractivity contribution in [2.75, 3.05) is 7.11 Å². The standard InChI is InChI=1S/C26H22N2O2S/c1-30-23-13-10-19(11-14-23)12-15-25(29)27-17-20-6-5-9-22(16-20)26-28-24(18-31-26)21-7-3-2-4-8-21/h2-16,18H,17H2,1H3,(H,27,29)/b15-12+. The van der Waals surface area contributed by atoms with Crippen molar-refractivity contribution in [3.63, 3.8) is 0 Å². The molecule has 1 heterocycles. The van der Waals surface area contributed by atoms with E-state index >= 15 is 0 Å². The second kappa shape index (κ2) is 9.87. The summed E-state index contributed by atoms with van der Waals surface area (Å²) in [6, 6.07) is 25.8. The first kappa shape index (κ1) is 20.6. The number of aromatic nitrogens is 1. The van der Waals surface area contributed by atoms with E-state index in [1.807, 2.05) is 60.7 Å². The zero-order valence-electron chi connectivity index (χ0n) is 17.1. The number of thiazole rings is 1. The van der Waals surface area contributed by atoms with Crippen LogP contribution in [0.15, 0.2) is 90.3 Å². The van der Waals surface area contributed by atoms with Crippen LogP contribution in [0.5, 0.6) is 5.75 Å². The summed E-state index contributed by atoms with van der Waals surface area (Å²) in [7, 11) is 1.63. The molecule has 4 nitrogen and oxygen atoms in total. The average molecular weight is 427 g/mol. The minimum absolute atomic E-state index is 0.137. The molecule has 1 N–H and O–H groups in total. The molecule has 0 atom stereocenters. The molecule has 0 fully saturated rings. The van der Waals surface area contributed by atoms with Crippen molar-refractivity contribution in [2.45, 2.75) is 6.54 Å². The molecule has 0 aliphatic rings. The van der Waals surface area contributed by atoms with E-state index in [9.17, 15) is 4.79 Å². The number of hydrogen-bond donors (Lipinski definition) is 1. The highest BCUT2D eigenvalue weighted by Crippen LogP contribution is 2.29. The lowest BCUT2D eigenvalue weighted by Gasteiger charge is -2.05. The van der Waals surface area contributed by atoms with Crippen LogP contribution in [0.2, 0.25) is 0 Å². The number of nitrogens with one attached hydrogen (secondary N) is 1. The molecule has 0 aliphatic heterocycles. The number of benzene rings is 3. The van der Waals surface area contributed by atoms with Crippen LogP contribution in [0.3, 0.4) is 0 Å². The van der Waals surface area contributed by atoms with Gasteiger partial charge in [0.05, 0.1) is 12.8 Å². The molecule has 0 bridgehead atoms. The quantitative estimate of drug-likeness (QED) is 0.379. The Balaban J connectivity index is 1.38. The Hall–Kier alpha value is -3.70. The van der Waals surface area contributed by atoms with Gasteiger partial charge in [0, 0.05) is 29.1 Å². The van der Waals surface area contributed by atoms with Gasteiger partial charge in [0.1, 0.15) is 10.8 Å². The van der Waals surface area contributed by atoms with Gasteiger partial charge in [-0.1, -0.05) is 60.7 Å². The monoisotopic (exact) mass is 426 g/mol. The van der Waals surface area contributed by atoms with Crippen LogP contribution in [0, 0.1) is 0 Å². The van der Waals surface area contributed by atoms with E-state index in [1.54, 1.807) is 30.6 Å². The summed E-state index contributed by atoms with van der Waals surface area (Å²) >= 11 is 1.62. The van der Waals surface area contributed by atoms with Crippen LogP contribution in [-0.2, 0) is 11.3 Å². The van der Waals surface area contributed by atoms with Crippen molar-refractivity contribution in [1.82, 2.24) is 10.3 Å². The first-order chi connectivity index (χ1) is 15.2. The molecule has 1 aromatic heterocycles. The summed E-state index contributed by atoms with van der Waals surface area (Å²) in [6.45, 7) is 0.455. The topological polar surface area (TPSA) is 51.2 Å². The molecule has 4 rings (SSSR count). The van der Waals surface area contributed by atoms with E-state index < -0.39 is 0 Å². The largest absolute Gasteiger partial charge is 0.497 e. The highest BCUT2D eigenvalue weighted by Gasteiger charge is 2.07. The van der Waals surface area contributed by atoms with Gasteiger partial charge in [0.15, 0.2) is 0 Å². The fourth-order valence-corrected chi connectivity index (χ4v) is 3.92. The Morgan fingerprint density at radius 3 is 2.55 bits per heavy atom.